The van der Waals surface area contributed by atoms with Crippen LogP contribution in [0.25, 0.3) is 0 Å². The lowest BCUT2D eigenvalue weighted by molar-refractivity contribution is -0.121. The van der Waals surface area contributed by atoms with Crippen LogP contribution in [0, 0.1) is 13.8 Å². The minimum absolute atomic E-state index is 0.0244. The second-order valence-electron chi connectivity index (χ2n) is 3.73. The number of aryl methyl sites for hydroxylation is 1. The molecule has 0 saturated heterocycles. The summed E-state index contributed by atoms with van der Waals surface area (Å²) in [5, 5.41) is 5.40. The fourth-order valence-corrected chi connectivity index (χ4v) is 1.52. The number of rotatable bonds is 4. The quantitative estimate of drug-likeness (QED) is 0.776. The van der Waals surface area contributed by atoms with Gasteiger partial charge in [0.1, 0.15) is 6.54 Å². The molecule has 1 heterocycles. The van der Waals surface area contributed by atoms with E-state index in [1.54, 1.807) is 14.0 Å². The van der Waals surface area contributed by atoms with Crippen LogP contribution in [-0.4, -0.2) is 29.1 Å². The number of nitrogens with zero attached hydrogens (tertiary/aromatic N) is 2. The fraction of sp³-hybridized carbons (Fsp3) is 0.545. The topological polar surface area (TPSA) is 76.0 Å². The highest BCUT2D eigenvalue weighted by Crippen LogP contribution is 2.04. The highest BCUT2D eigenvalue weighted by Gasteiger charge is 2.12. The first-order chi connectivity index (χ1) is 8.01. The van der Waals surface area contributed by atoms with Gasteiger partial charge in [-0.25, -0.2) is 4.98 Å². The molecular weight excluding hydrogens is 220 g/mol. The number of carbonyl (C=O) groups is 1. The van der Waals surface area contributed by atoms with E-state index in [1.807, 2.05) is 13.8 Å². The first-order valence-electron chi connectivity index (χ1n) is 5.53. The smallest absolute Gasteiger partial charge is 0.293 e. The van der Waals surface area contributed by atoms with Gasteiger partial charge in [-0.3, -0.25) is 14.2 Å². The van der Waals surface area contributed by atoms with Gasteiger partial charge in [-0.15, -0.1) is 0 Å². The summed E-state index contributed by atoms with van der Waals surface area (Å²) < 4.78 is 1.43. The molecular formula is C11H18N4O2. The minimum atomic E-state index is -0.276. The molecule has 0 fully saturated rings. The molecule has 0 aliphatic rings. The lowest BCUT2D eigenvalue weighted by Gasteiger charge is -2.13. The Labute approximate surface area is 100 Å². The summed E-state index contributed by atoms with van der Waals surface area (Å²) in [6.45, 7) is 6.00. The summed E-state index contributed by atoms with van der Waals surface area (Å²) in [6, 6.07) is 0. The van der Waals surface area contributed by atoms with Crippen molar-refractivity contribution in [1.29, 1.82) is 0 Å². The van der Waals surface area contributed by atoms with Gasteiger partial charge in [0.15, 0.2) is 5.82 Å². The molecule has 1 aromatic heterocycles. The standard InChI is InChI=1S/C11H18N4O2/c1-5-13-9(16)6-15-8(3)7(2)14-10(12-4)11(15)17/h5-6H2,1-4H3,(H,12,14)(H,13,16). The number of nitrogens with one attached hydrogen (secondary N) is 2. The third kappa shape index (κ3) is 2.83. The Morgan fingerprint density at radius 1 is 1.41 bits per heavy atom. The molecule has 1 amide bonds. The van der Waals surface area contributed by atoms with E-state index < -0.39 is 0 Å². The molecule has 0 aliphatic heterocycles. The van der Waals surface area contributed by atoms with Gasteiger partial charge in [-0.1, -0.05) is 0 Å². The van der Waals surface area contributed by atoms with Gasteiger partial charge in [0.25, 0.3) is 5.56 Å². The van der Waals surface area contributed by atoms with Gasteiger partial charge in [-0.05, 0) is 20.8 Å². The van der Waals surface area contributed by atoms with Crippen LogP contribution in [0.2, 0.25) is 0 Å². The second kappa shape index (κ2) is 5.47. The maximum Gasteiger partial charge on any atom is 0.293 e. The van der Waals surface area contributed by atoms with Crippen molar-refractivity contribution in [3.8, 4) is 0 Å². The summed E-state index contributed by atoms with van der Waals surface area (Å²) in [6.07, 6.45) is 0. The molecule has 0 unspecified atom stereocenters. The summed E-state index contributed by atoms with van der Waals surface area (Å²) in [5.74, 6) is 0.0859. The summed E-state index contributed by atoms with van der Waals surface area (Å²) in [4.78, 5) is 27.6. The van der Waals surface area contributed by atoms with Crippen molar-refractivity contribution < 1.29 is 4.79 Å². The number of carbonyl (C=O) groups excluding carboxylic acids is 1. The Morgan fingerprint density at radius 2 is 2.06 bits per heavy atom. The average Bonchev–Trinajstić information content (AvgIpc) is 2.29. The molecule has 1 aromatic rings. The maximum absolute atomic E-state index is 12.0. The Morgan fingerprint density at radius 3 is 2.59 bits per heavy atom. The van der Waals surface area contributed by atoms with Crippen molar-refractivity contribution in [1.82, 2.24) is 14.9 Å². The largest absolute Gasteiger partial charge is 0.369 e. The summed E-state index contributed by atoms with van der Waals surface area (Å²) in [7, 11) is 1.63. The van der Waals surface area contributed by atoms with Crippen LogP contribution in [-0.2, 0) is 11.3 Å². The molecule has 94 valence electrons. The van der Waals surface area contributed by atoms with Crippen LogP contribution < -0.4 is 16.2 Å². The highest BCUT2D eigenvalue weighted by atomic mass is 16.2. The second-order valence-corrected chi connectivity index (χ2v) is 3.73. The zero-order valence-corrected chi connectivity index (χ0v) is 10.6. The van der Waals surface area contributed by atoms with Crippen LogP contribution in [0.5, 0.6) is 0 Å². The molecule has 17 heavy (non-hydrogen) atoms. The molecule has 0 saturated carbocycles. The molecule has 0 radical (unpaired) electrons. The third-order valence-electron chi connectivity index (χ3n) is 2.57. The predicted octanol–water partition coefficient (Wildman–Crippen LogP) is 0.0379. The molecule has 0 aliphatic carbocycles. The number of likely N-dealkylation sites (N-methyl/N-ethyl adjacent to an activating group) is 1. The van der Waals surface area contributed by atoms with Gasteiger partial charge in [0.05, 0.1) is 5.69 Å². The highest BCUT2D eigenvalue weighted by molar-refractivity contribution is 5.75. The van der Waals surface area contributed by atoms with E-state index in [1.165, 1.54) is 4.57 Å². The van der Waals surface area contributed by atoms with Gasteiger partial charge in [0.2, 0.25) is 5.91 Å². The molecule has 0 spiro atoms. The predicted molar refractivity (Wildman–Crippen MR) is 66.2 cm³/mol. The molecule has 0 atom stereocenters. The number of hydrogen-bond donors (Lipinski definition) is 2. The van der Waals surface area contributed by atoms with E-state index in [0.29, 0.717) is 12.2 Å². The van der Waals surface area contributed by atoms with E-state index in [-0.39, 0.29) is 23.8 Å². The molecule has 6 heteroatoms. The Balaban J connectivity index is 3.18. The fourth-order valence-electron chi connectivity index (χ4n) is 1.52. The van der Waals surface area contributed by atoms with E-state index in [2.05, 4.69) is 15.6 Å². The van der Waals surface area contributed by atoms with Crippen LogP contribution in [0.3, 0.4) is 0 Å². The van der Waals surface area contributed by atoms with E-state index in [0.717, 1.165) is 5.69 Å². The first kappa shape index (κ1) is 13.2. The van der Waals surface area contributed by atoms with Gasteiger partial charge in [0, 0.05) is 19.3 Å². The number of hydrogen-bond acceptors (Lipinski definition) is 4. The van der Waals surface area contributed by atoms with Crippen LogP contribution in [0.4, 0.5) is 5.82 Å². The normalized spacial score (nSPS) is 10.1. The van der Waals surface area contributed by atoms with Crippen molar-refractivity contribution in [3.05, 3.63) is 21.7 Å². The Hall–Kier alpha value is -1.85. The maximum atomic E-state index is 12.0. The van der Waals surface area contributed by atoms with E-state index in [4.69, 9.17) is 0 Å². The van der Waals surface area contributed by atoms with Gasteiger partial charge in [-0.2, -0.15) is 0 Å². The number of amides is 1. The van der Waals surface area contributed by atoms with Crippen LogP contribution in [0.15, 0.2) is 4.79 Å². The van der Waals surface area contributed by atoms with E-state index in [9.17, 15) is 9.59 Å². The van der Waals surface area contributed by atoms with Crippen molar-refractivity contribution in [2.24, 2.45) is 0 Å². The third-order valence-corrected chi connectivity index (χ3v) is 2.57. The number of anilines is 1. The molecule has 0 aromatic carbocycles. The Bertz CT molecular complexity index is 479. The Kier molecular flexibility index (Phi) is 4.25. The molecule has 2 N–H and O–H groups in total. The van der Waals surface area contributed by atoms with Crippen molar-refractivity contribution in [2.45, 2.75) is 27.3 Å². The lowest BCUT2D eigenvalue weighted by atomic mass is 10.3. The number of aromatic nitrogens is 2. The zero-order valence-electron chi connectivity index (χ0n) is 10.6. The van der Waals surface area contributed by atoms with Crippen molar-refractivity contribution in [2.75, 3.05) is 18.9 Å². The molecule has 0 bridgehead atoms. The molecule has 6 nitrogen and oxygen atoms in total. The van der Waals surface area contributed by atoms with Crippen molar-refractivity contribution >= 4 is 11.7 Å². The summed E-state index contributed by atoms with van der Waals surface area (Å²) in [5.41, 5.74) is 1.17. The zero-order chi connectivity index (χ0) is 13.0. The average molecular weight is 238 g/mol. The monoisotopic (exact) mass is 238 g/mol. The van der Waals surface area contributed by atoms with Crippen LogP contribution >= 0.6 is 0 Å². The first-order valence-corrected chi connectivity index (χ1v) is 5.53. The SMILES string of the molecule is CCNC(=O)Cn1c(C)c(C)nc(NC)c1=O. The lowest BCUT2D eigenvalue weighted by Crippen LogP contribution is -2.35. The van der Waals surface area contributed by atoms with Crippen LogP contribution in [0.1, 0.15) is 18.3 Å². The summed E-state index contributed by atoms with van der Waals surface area (Å²) >= 11 is 0. The van der Waals surface area contributed by atoms with Crippen molar-refractivity contribution in [3.63, 3.8) is 0 Å². The minimum Gasteiger partial charge on any atom is -0.369 e. The van der Waals surface area contributed by atoms with Gasteiger partial charge < -0.3 is 10.6 Å². The van der Waals surface area contributed by atoms with E-state index >= 15 is 0 Å². The van der Waals surface area contributed by atoms with Gasteiger partial charge >= 0.3 is 0 Å². The molecule has 1 rings (SSSR count).